The van der Waals surface area contributed by atoms with Crippen molar-refractivity contribution >= 4 is 27.4 Å². The van der Waals surface area contributed by atoms with E-state index >= 15 is 0 Å². The summed E-state index contributed by atoms with van der Waals surface area (Å²) in [7, 11) is -3.72. The lowest BCUT2D eigenvalue weighted by molar-refractivity contribution is -0.146. The van der Waals surface area contributed by atoms with E-state index in [0.29, 0.717) is 30.3 Å². The molecule has 3 aromatic rings. The van der Waals surface area contributed by atoms with Gasteiger partial charge < -0.3 is 25.0 Å². The van der Waals surface area contributed by atoms with Gasteiger partial charge in [0.15, 0.2) is 6.61 Å². The molecule has 0 aromatic heterocycles. The van der Waals surface area contributed by atoms with Crippen molar-refractivity contribution in [1.29, 1.82) is 0 Å². The van der Waals surface area contributed by atoms with Crippen LogP contribution in [0.25, 0.3) is 0 Å². The molecule has 3 aromatic carbocycles. The number of nitrogens with one attached hydrogen (secondary N) is 1. The summed E-state index contributed by atoms with van der Waals surface area (Å²) in [5, 5.41) is 22.7. The van der Waals surface area contributed by atoms with E-state index < -0.39 is 21.9 Å². The van der Waals surface area contributed by atoms with Crippen molar-refractivity contribution in [2.75, 3.05) is 32.9 Å². The topological polar surface area (TPSA) is 122 Å². The van der Waals surface area contributed by atoms with Crippen molar-refractivity contribution < 1.29 is 32.9 Å². The Labute approximate surface area is 215 Å². The molecule has 0 aliphatic carbocycles. The normalized spacial score (nSPS) is 12.2. The van der Waals surface area contributed by atoms with Crippen LogP contribution in [0.5, 0.6) is 5.75 Å². The van der Waals surface area contributed by atoms with Crippen molar-refractivity contribution in [2.24, 2.45) is 0 Å². The van der Waals surface area contributed by atoms with Crippen LogP contribution in [0.3, 0.4) is 0 Å². The second-order valence-electron chi connectivity index (χ2n) is 7.88. The summed E-state index contributed by atoms with van der Waals surface area (Å²) >= 11 is 5.96. The van der Waals surface area contributed by atoms with Gasteiger partial charge in [0.1, 0.15) is 12.4 Å². The first-order chi connectivity index (χ1) is 17.3. The van der Waals surface area contributed by atoms with Gasteiger partial charge in [-0.05, 0) is 72.6 Å². The average molecular weight is 534 g/mol. The molecule has 0 aliphatic heterocycles. The van der Waals surface area contributed by atoms with Gasteiger partial charge in [-0.15, -0.1) is 0 Å². The zero-order valence-corrected chi connectivity index (χ0v) is 21.0. The zero-order chi connectivity index (χ0) is 26.0. The minimum absolute atomic E-state index is 0.0992. The van der Waals surface area contributed by atoms with Crippen molar-refractivity contribution in [2.45, 2.75) is 22.3 Å². The van der Waals surface area contributed by atoms with Gasteiger partial charge in [-0.2, -0.15) is 0 Å². The van der Waals surface area contributed by atoms with E-state index in [-0.39, 0.29) is 29.6 Å². The maximum atomic E-state index is 12.9. The first-order valence-electron chi connectivity index (χ1n) is 11.3. The van der Waals surface area contributed by atoms with Gasteiger partial charge in [-0.25, -0.2) is 13.2 Å². The summed E-state index contributed by atoms with van der Waals surface area (Å²) < 4.78 is 35.9. The highest BCUT2D eigenvalue weighted by molar-refractivity contribution is 7.91. The van der Waals surface area contributed by atoms with E-state index in [0.717, 1.165) is 11.1 Å². The predicted molar refractivity (Wildman–Crippen MR) is 135 cm³/mol. The van der Waals surface area contributed by atoms with Crippen LogP contribution in [0.4, 0.5) is 0 Å². The van der Waals surface area contributed by atoms with E-state index in [1.807, 2.05) is 6.07 Å². The Morgan fingerprint density at radius 2 is 1.67 bits per heavy atom. The number of sulfone groups is 1. The Morgan fingerprint density at radius 1 is 1.00 bits per heavy atom. The van der Waals surface area contributed by atoms with Gasteiger partial charge in [0.25, 0.3) is 0 Å². The number of rotatable bonds is 13. The Morgan fingerprint density at radius 3 is 2.31 bits per heavy atom. The zero-order valence-electron chi connectivity index (χ0n) is 19.5. The molecule has 8 nitrogen and oxygen atoms in total. The van der Waals surface area contributed by atoms with Gasteiger partial charge in [0.2, 0.25) is 9.84 Å². The number of carbonyl (C=O) groups is 1. The standard InChI is InChI=1S/C26H28ClNO7S/c27-21-3-1-2-20(16-21)25(30)17-28-13-12-19-4-8-23(9-5-19)36(32,33)24-10-6-22(7-11-24)35-18-26(31)34-15-14-29/h1-11,16,25,28-30H,12-15,17-18H2. The lowest BCUT2D eigenvalue weighted by Crippen LogP contribution is -2.23. The summed E-state index contributed by atoms with van der Waals surface area (Å²) in [5.74, 6) is -0.313. The highest BCUT2D eigenvalue weighted by Crippen LogP contribution is 2.24. The molecule has 0 bridgehead atoms. The summed E-state index contributed by atoms with van der Waals surface area (Å²) in [4.78, 5) is 11.7. The van der Waals surface area contributed by atoms with Gasteiger partial charge in [0, 0.05) is 11.6 Å². The highest BCUT2D eigenvalue weighted by atomic mass is 35.5. The molecule has 0 saturated carbocycles. The molecule has 1 unspecified atom stereocenters. The number of carbonyl (C=O) groups excluding carboxylic acids is 1. The first-order valence-corrected chi connectivity index (χ1v) is 13.1. The number of hydrogen-bond donors (Lipinski definition) is 3. The van der Waals surface area contributed by atoms with Gasteiger partial charge in [-0.3, -0.25) is 0 Å². The first kappa shape index (κ1) is 27.6. The van der Waals surface area contributed by atoms with Crippen LogP contribution in [-0.4, -0.2) is 57.5 Å². The molecule has 0 heterocycles. The average Bonchev–Trinajstić information content (AvgIpc) is 2.89. The molecule has 0 radical (unpaired) electrons. The third kappa shape index (κ3) is 8.04. The van der Waals surface area contributed by atoms with Crippen LogP contribution < -0.4 is 10.1 Å². The van der Waals surface area contributed by atoms with Crippen molar-refractivity contribution in [3.63, 3.8) is 0 Å². The molecule has 192 valence electrons. The van der Waals surface area contributed by atoms with Crippen LogP contribution in [0.1, 0.15) is 17.2 Å². The molecule has 3 rings (SSSR count). The second kappa shape index (κ2) is 13.4. The Hall–Kier alpha value is -2.95. The molecule has 0 spiro atoms. The van der Waals surface area contributed by atoms with E-state index in [4.69, 9.17) is 26.2 Å². The second-order valence-corrected chi connectivity index (χ2v) is 10.3. The van der Waals surface area contributed by atoms with E-state index in [2.05, 4.69) is 5.32 Å². The molecule has 0 aliphatic rings. The molecule has 0 saturated heterocycles. The Balaban J connectivity index is 1.50. The van der Waals surface area contributed by atoms with Gasteiger partial charge >= 0.3 is 5.97 Å². The third-order valence-electron chi connectivity index (χ3n) is 5.24. The predicted octanol–water partition coefficient (Wildman–Crippen LogP) is 2.95. The highest BCUT2D eigenvalue weighted by Gasteiger charge is 2.18. The quantitative estimate of drug-likeness (QED) is 0.226. The Bertz CT molecular complexity index is 1230. The molecule has 3 N–H and O–H groups in total. The van der Waals surface area contributed by atoms with Crippen LogP contribution in [0.15, 0.2) is 82.6 Å². The van der Waals surface area contributed by atoms with Gasteiger partial charge in [0.05, 0.1) is 22.5 Å². The van der Waals surface area contributed by atoms with Crippen LogP contribution >= 0.6 is 11.6 Å². The number of hydrogen-bond acceptors (Lipinski definition) is 8. The molecule has 1 atom stereocenters. The molecular formula is C26H28ClNO7S. The van der Waals surface area contributed by atoms with Crippen LogP contribution in [0, 0.1) is 0 Å². The van der Waals surface area contributed by atoms with Crippen molar-refractivity contribution in [3.05, 3.63) is 88.9 Å². The molecule has 0 fully saturated rings. The lowest BCUT2D eigenvalue weighted by atomic mass is 10.1. The van der Waals surface area contributed by atoms with E-state index in [1.165, 1.54) is 24.3 Å². The van der Waals surface area contributed by atoms with E-state index in [1.54, 1.807) is 42.5 Å². The maximum absolute atomic E-state index is 12.9. The van der Waals surface area contributed by atoms with E-state index in [9.17, 15) is 18.3 Å². The summed E-state index contributed by atoms with van der Waals surface area (Å²) in [6, 6.07) is 19.5. The minimum atomic E-state index is -3.72. The van der Waals surface area contributed by atoms with Gasteiger partial charge in [-0.1, -0.05) is 35.9 Å². The lowest BCUT2D eigenvalue weighted by Gasteiger charge is -2.13. The fourth-order valence-electron chi connectivity index (χ4n) is 3.33. The number of benzene rings is 3. The molecule has 0 amide bonds. The third-order valence-corrected chi connectivity index (χ3v) is 7.26. The molecular weight excluding hydrogens is 506 g/mol. The summed E-state index contributed by atoms with van der Waals surface area (Å²) in [6.07, 6.45) is -0.0110. The number of halogens is 1. The fraction of sp³-hybridized carbons (Fsp3) is 0.269. The smallest absolute Gasteiger partial charge is 0.344 e. The summed E-state index contributed by atoms with van der Waals surface area (Å²) in [5.41, 5.74) is 1.69. The monoisotopic (exact) mass is 533 g/mol. The van der Waals surface area contributed by atoms with Crippen LogP contribution in [0.2, 0.25) is 5.02 Å². The Kier molecular flexibility index (Phi) is 10.3. The van der Waals surface area contributed by atoms with Crippen molar-refractivity contribution in [1.82, 2.24) is 5.32 Å². The fourth-order valence-corrected chi connectivity index (χ4v) is 4.79. The van der Waals surface area contributed by atoms with Crippen LogP contribution in [-0.2, 0) is 25.8 Å². The largest absolute Gasteiger partial charge is 0.482 e. The molecule has 10 heteroatoms. The number of aliphatic hydroxyl groups excluding tert-OH is 2. The van der Waals surface area contributed by atoms with Crippen molar-refractivity contribution in [3.8, 4) is 5.75 Å². The molecule has 36 heavy (non-hydrogen) atoms. The maximum Gasteiger partial charge on any atom is 0.344 e. The number of esters is 1. The minimum Gasteiger partial charge on any atom is -0.482 e. The number of aliphatic hydroxyl groups is 2. The summed E-state index contributed by atoms with van der Waals surface area (Å²) in [6.45, 7) is 0.254. The SMILES string of the molecule is O=C(COc1ccc(S(=O)(=O)c2ccc(CCNCC(O)c3cccc(Cl)c3)cc2)cc1)OCCO. The number of ether oxygens (including phenoxy) is 2.